The summed E-state index contributed by atoms with van der Waals surface area (Å²) in [5, 5.41) is 14.1. The zero-order valence-electron chi connectivity index (χ0n) is 8.67. The largest absolute Gasteiger partial charge is 0.493 e. The predicted octanol–water partition coefficient (Wildman–Crippen LogP) is 2.12. The maximum atomic E-state index is 9.77. The van der Waals surface area contributed by atoms with Gasteiger partial charge in [-0.25, -0.2) is 4.68 Å². The minimum Gasteiger partial charge on any atom is -0.493 e. The molecule has 0 aromatic carbocycles. The summed E-state index contributed by atoms with van der Waals surface area (Å²) in [5.41, 5.74) is 2.08. The van der Waals surface area contributed by atoms with E-state index >= 15 is 0 Å². The summed E-state index contributed by atoms with van der Waals surface area (Å²) in [6, 6.07) is 0. The topological polar surface area (TPSA) is 38.0 Å². The standard InChI is InChI=1S/C10H18N2O/c1-4-7-8-9(5-2)11-12(6-3)10(8)13/h13H,4-7H2,1-3H3. The quantitative estimate of drug-likeness (QED) is 0.774. The molecule has 0 aliphatic rings. The monoisotopic (exact) mass is 182 g/mol. The lowest BCUT2D eigenvalue weighted by atomic mass is 10.1. The minimum absolute atomic E-state index is 0.362. The van der Waals surface area contributed by atoms with E-state index in [1.807, 2.05) is 6.92 Å². The van der Waals surface area contributed by atoms with Crippen LogP contribution in [-0.2, 0) is 19.4 Å². The lowest BCUT2D eigenvalue weighted by Gasteiger charge is -1.98. The van der Waals surface area contributed by atoms with E-state index in [2.05, 4.69) is 18.9 Å². The molecule has 0 amide bonds. The highest BCUT2D eigenvalue weighted by Gasteiger charge is 2.13. The van der Waals surface area contributed by atoms with Crippen LogP contribution in [0.2, 0.25) is 0 Å². The second-order valence-electron chi connectivity index (χ2n) is 3.17. The van der Waals surface area contributed by atoms with Crippen molar-refractivity contribution in [2.24, 2.45) is 0 Å². The van der Waals surface area contributed by atoms with Crippen molar-refractivity contribution in [1.29, 1.82) is 0 Å². The number of hydrogen-bond donors (Lipinski definition) is 1. The fourth-order valence-corrected chi connectivity index (χ4v) is 1.55. The van der Waals surface area contributed by atoms with Crippen molar-refractivity contribution in [3.8, 4) is 5.88 Å². The zero-order chi connectivity index (χ0) is 9.84. The van der Waals surface area contributed by atoms with Gasteiger partial charge in [-0.1, -0.05) is 20.3 Å². The Morgan fingerprint density at radius 2 is 2.00 bits per heavy atom. The van der Waals surface area contributed by atoms with E-state index < -0.39 is 0 Å². The van der Waals surface area contributed by atoms with Gasteiger partial charge in [0.2, 0.25) is 5.88 Å². The van der Waals surface area contributed by atoms with Crippen molar-refractivity contribution < 1.29 is 5.11 Å². The molecular weight excluding hydrogens is 164 g/mol. The van der Waals surface area contributed by atoms with E-state index in [4.69, 9.17) is 0 Å². The first-order chi connectivity index (χ1) is 6.24. The second-order valence-corrected chi connectivity index (χ2v) is 3.17. The van der Waals surface area contributed by atoms with E-state index in [1.165, 1.54) is 0 Å². The van der Waals surface area contributed by atoms with Gasteiger partial charge in [0.1, 0.15) is 0 Å². The van der Waals surface area contributed by atoms with Crippen molar-refractivity contribution >= 4 is 0 Å². The third kappa shape index (κ3) is 1.85. The van der Waals surface area contributed by atoms with E-state index in [0.717, 1.165) is 37.1 Å². The smallest absolute Gasteiger partial charge is 0.212 e. The SMILES string of the molecule is CCCc1c(CC)nn(CC)c1O. The summed E-state index contributed by atoms with van der Waals surface area (Å²) in [6.07, 6.45) is 2.88. The maximum absolute atomic E-state index is 9.77. The van der Waals surface area contributed by atoms with Gasteiger partial charge >= 0.3 is 0 Å². The van der Waals surface area contributed by atoms with Crippen molar-refractivity contribution in [1.82, 2.24) is 9.78 Å². The minimum atomic E-state index is 0.362. The molecule has 0 spiro atoms. The molecule has 0 atom stereocenters. The normalized spacial score (nSPS) is 10.7. The van der Waals surface area contributed by atoms with Crippen LogP contribution in [0.25, 0.3) is 0 Å². The van der Waals surface area contributed by atoms with Crippen LogP contribution in [0.3, 0.4) is 0 Å². The number of nitrogens with zero attached hydrogens (tertiary/aromatic N) is 2. The molecular formula is C10H18N2O. The molecule has 0 aliphatic heterocycles. The van der Waals surface area contributed by atoms with Crippen molar-refractivity contribution in [2.45, 2.75) is 46.6 Å². The van der Waals surface area contributed by atoms with Crippen LogP contribution in [0.15, 0.2) is 0 Å². The molecule has 0 bridgehead atoms. The number of hydrogen-bond acceptors (Lipinski definition) is 2. The molecule has 3 heteroatoms. The van der Waals surface area contributed by atoms with Crippen molar-refractivity contribution in [3.05, 3.63) is 11.3 Å². The van der Waals surface area contributed by atoms with Gasteiger partial charge in [0.15, 0.2) is 0 Å². The van der Waals surface area contributed by atoms with Crippen LogP contribution in [0.4, 0.5) is 0 Å². The van der Waals surface area contributed by atoms with Crippen LogP contribution < -0.4 is 0 Å². The molecule has 0 aliphatic carbocycles. The molecule has 1 aromatic heterocycles. The first kappa shape index (κ1) is 10.1. The number of aryl methyl sites for hydroxylation is 2. The number of aromatic hydroxyl groups is 1. The van der Waals surface area contributed by atoms with Crippen molar-refractivity contribution in [3.63, 3.8) is 0 Å². The van der Waals surface area contributed by atoms with E-state index in [9.17, 15) is 5.11 Å². The summed E-state index contributed by atoms with van der Waals surface area (Å²) < 4.78 is 1.67. The molecule has 1 rings (SSSR count). The third-order valence-corrected chi connectivity index (χ3v) is 2.24. The molecule has 13 heavy (non-hydrogen) atoms. The lowest BCUT2D eigenvalue weighted by molar-refractivity contribution is 0.400. The van der Waals surface area contributed by atoms with Crippen LogP contribution >= 0.6 is 0 Å². The van der Waals surface area contributed by atoms with Gasteiger partial charge in [0.25, 0.3) is 0 Å². The molecule has 1 heterocycles. The Balaban J connectivity index is 3.05. The highest BCUT2D eigenvalue weighted by molar-refractivity contribution is 5.30. The lowest BCUT2D eigenvalue weighted by Crippen LogP contribution is -1.95. The zero-order valence-corrected chi connectivity index (χ0v) is 8.67. The van der Waals surface area contributed by atoms with E-state index in [-0.39, 0.29) is 0 Å². The maximum Gasteiger partial charge on any atom is 0.212 e. The van der Waals surface area contributed by atoms with Crippen LogP contribution in [0.1, 0.15) is 38.4 Å². The Hall–Kier alpha value is -0.990. The molecule has 0 radical (unpaired) electrons. The number of rotatable bonds is 4. The van der Waals surface area contributed by atoms with Gasteiger partial charge in [-0.3, -0.25) is 0 Å². The van der Waals surface area contributed by atoms with E-state index in [0.29, 0.717) is 5.88 Å². The molecule has 0 unspecified atom stereocenters. The molecule has 0 saturated carbocycles. The van der Waals surface area contributed by atoms with Crippen LogP contribution in [0, 0.1) is 0 Å². The molecule has 1 aromatic rings. The van der Waals surface area contributed by atoms with Gasteiger partial charge in [0, 0.05) is 12.1 Å². The Bertz CT molecular complexity index is 279. The highest BCUT2D eigenvalue weighted by Crippen LogP contribution is 2.22. The van der Waals surface area contributed by atoms with Gasteiger partial charge in [-0.05, 0) is 19.8 Å². The fraction of sp³-hybridized carbons (Fsp3) is 0.700. The summed E-state index contributed by atoms with van der Waals surface area (Å²) in [7, 11) is 0. The highest BCUT2D eigenvalue weighted by atomic mass is 16.3. The molecule has 0 saturated heterocycles. The average Bonchev–Trinajstić information content (AvgIpc) is 2.45. The Kier molecular flexibility index (Phi) is 3.34. The second kappa shape index (κ2) is 4.30. The van der Waals surface area contributed by atoms with Gasteiger partial charge < -0.3 is 5.11 Å². The molecule has 3 nitrogen and oxygen atoms in total. The van der Waals surface area contributed by atoms with E-state index in [1.54, 1.807) is 4.68 Å². The van der Waals surface area contributed by atoms with Gasteiger partial charge in [-0.2, -0.15) is 5.10 Å². The van der Waals surface area contributed by atoms with Crippen molar-refractivity contribution in [2.75, 3.05) is 0 Å². The first-order valence-electron chi connectivity index (χ1n) is 5.02. The van der Waals surface area contributed by atoms with Crippen LogP contribution in [-0.4, -0.2) is 14.9 Å². The summed E-state index contributed by atoms with van der Waals surface area (Å²) >= 11 is 0. The predicted molar refractivity (Wildman–Crippen MR) is 52.9 cm³/mol. The summed E-state index contributed by atoms with van der Waals surface area (Å²) in [4.78, 5) is 0. The first-order valence-corrected chi connectivity index (χ1v) is 5.02. The fourth-order valence-electron chi connectivity index (χ4n) is 1.55. The summed E-state index contributed by atoms with van der Waals surface area (Å²) in [5.74, 6) is 0.362. The number of aromatic nitrogens is 2. The Morgan fingerprint density at radius 1 is 1.31 bits per heavy atom. The van der Waals surface area contributed by atoms with Gasteiger partial charge in [0.05, 0.1) is 5.69 Å². The van der Waals surface area contributed by atoms with Crippen LogP contribution in [0.5, 0.6) is 5.88 Å². The third-order valence-electron chi connectivity index (χ3n) is 2.24. The van der Waals surface area contributed by atoms with Gasteiger partial charge in [-0.15, -0.1) is 0 Å². The molecule has 1 N–H and O–H groups in total. The summed E-state index contributed by atoms with van der Waals surface area (Å²) in [6.45, 7) is 6.91. The molecule has 74 valence electrons. The average molecular weight is 182 g/mol. The molecule has 0 fully saturated rings. The Labute approximate surface area is 79.4 Å². The Morgan fingerprint density at radius 3 is 2.46 bits per heavy atom.